The first-order valence-electron chi connectivity index (χ1n) is 9.70. The molecule has 1 aliphatic heterocycles. The van der Waals surface area contributed by atoms with Crippen molar-refractivity contribution >= 4 is 11.0 Å². The van der Waals surface area contributed by atoms with Gasteiger partial charge < -0.3 is 14.1 Å². The molecule has 0 aliphatic carbocycles. The predicted molar refractivity (Wildman–Crippen MR) is 109 cm³/mol. The van der Waals surface area contributed by atoms with Crippen molar-refractivity contribution in [1.29, 1.82) is 0 Å². The molecule has 1 aliphatic rings. The van der Waals surface area contributed by atoms with Gasteiger partial charge >= 0.3 is 0 Å². The Balaban J connectivity index is 1.87. The van der Waals surface area contributed by atoms with Gasteiger partial charge in [0.15, 0.2) is 6.04 Å². The summed E-state index contributed by atoms with van der Waals surface area (Å²) in [6, 6.07) is 19.1. The Kier molecular flexibility index (Phi) is 4.99. The third-order valence-corrected chi connectivity index (χ3v) is 5.76. The minimum atomic E-state index is 0.572. The van der Waals surface area contributed by atoms with Crippen molar-refractivity contribution in [2.45, 2.75) is 18.9 Å². The van der Waals surface area contributed by atoms with Crippen molar-refractivity contribution in [1.82, 2.24) is 4.58 Å². The molecule has 0 amide bonds. The first kappa shape index (κ1) is 17.8. The quantitative estimate of drug-likeness (QED) is 0.722. The SMILES string of the molecule is COc1ccc(-c2cc(=[N+](C)C3CC[NH+](C)CC3)c3ccccc3o2)cc1. The van der Waals surface area contributed by atoms with Gasteiger partial charge in [-0.2, -0.15) is 0 Å². The Labute approximate surface area is 160 Å². The normalized spacial score (nSPS) is 21.1. The van der Waals surface area contributed by atoms with Crippen LogP contribution >= 0.6 is 0 Å². The highest BCUT2D eigenvalue weighted by molar-refractivity contribution is 5.78. The lowest BCUT2D eigenvalue weighted by atomic mass is 10.0. The molecule has 1 fully saturated rings. The number of hydrogen-bond donors (Lipinski definition) is 1. The highest BCUT2D eigenvalue weighted by Gasteiger charge is 2.27. The Morgan fingerprint density at radius 1 is 1.04 bits per heavy atom. The zero-order valence-electron chi connectivity index (χ0n) is 16.4. The standard InChI is InChI=1S/C23H27N2O2/c1-24-14-12-18(13-15-24)25(2)21-16-23(17-8-10-19(26-3)11-9-17)27-22-7-5-4-6-20(21)22/h4-11,16,18H,12-15H2,1-3H3/q+1/p+1. The molecule has 0 spiro atoms. The van der Waals surface area contributed by atoms with Crippen molar-refractivity contribution in [2.75, 3.05) is 34.3 Å². The van der Waals surface area contributed by atoms with Gasteiger partial charge in [0.2, 0.25) is 5.36 Å². The second kappa shape index (κ2) is 7.57. The zero-order chi connectivity index (χ0) is 18.8. The molecule has 0 bridgehead atoms. The largest absolute Gasteiger partial charge is 0.497 e. The van der Waals surface area contributed by atoms with E-state index in [0.29, 0.717) is 6.04 Å². The number of fused-ring (bicyclic) bond motifs is 1. The molecule has 2 aromatic carbocycles. The smallest absolute Gasteiger partial charge is 0.214 e. The Bertz CT molecular complexity index is 997. The van der Waals surface area contributed by atoms with E-state index in [2.05, 4.69) is 55.1 Å². The fourth-order valence-corrected chi connectivity index (χ4v) is 3.99. The zero-order valence-corrected chi connectivity index (χ0v) is 16.4. The van der Waals surface area contributed by atoms with Gasteiger partial charge in [-0.1, -0.05) is 12.1 Å². The third kappa shape index (κ3) is 3.62. The lowest BCUT2D eigenvalue weighted by Crippen LogP contribution is -3.10. The van der Waals surface area contributed by atoms with E-state index in [0.717, 1.165) is 22.7 Å². The number of benzene rings is 2. The summed E-state index contributed by atoms with van der Waals surface area (Å²) in [7, 11) is 6.20. The van der Waals surface area contributed by atoms with Crippen LogP contribution in [0.4, 0.5) is 0 Å². The van der Waals surface area contributed by atoms with Gasteiger partial charge in [0.05, 0.1) is 51.5 Å². The van der Waals surface area contributed by atoms with Gasteiger partial charge in [0, 0.05) is 5.56 Å². The van der Waals surface area contributed by atoms with Crippen LogP contribution in [0, 0.1) is 0 Å². The minimum absolute atomic E-state index is 0.572. The molecule has 1 saturated heterocycles. The van der Waals surface area contributed by atoms with Crippen LogP contribution in [0.3, 0.4) is 0 Å². The van der Waals surface area contributed by atoms with Gasteiger partial charge in [-0.25, -0.2) is 4.58 Å². The monoisotopic (exact) mass is 364 g/mol. The van der Waals surface area contributed by atoms with Gasteiger partial charge in [-0.3, -0.25) is 0 Å². The maximum atomic E-state index is 6.24. The number of piperidine rings is 1. The van der Waals surface area contributed by atoms with E-state index < -0.39 is 0 Å². The number of rotatable bonds is 3. The van der Waals surface area contributed by atoms with Gasteiger partial charge in [0.25, 0.3) is 0 Å². The van der Waals surface area contributed by atoms with Crippen LogP contribution < -0.4 is 19.6 Å². The van der Waals surface area contributed by atoms with Crippen LogP contribution in [-0.4, -0.2) is 40.3 Å². The molecule has 140 valence electrons. The summed E-state index contributed by atoms with van der Waals surface area (Å²) >= 11 is 0. The van der Waals surface area contributed by atoms with Crippen molar-refractivity contribution in [3.8, 4) is 17.1 Å². The number of quaternary nitrogens is 1. The maximum absolute atomic E-state index is 6.24. The van der Waals surface area contributed by atoms with Crippen LogP contribution in [0.5, 0.6) is 5.75 Å². The van der Waals surface area contributed by atoms with E-state index in [1.165, 1.54) is 36.7 Å². The van der Waals surface area contributed by atoms with E-state index >= 15 is 0 Å². The lowest BCUT2D eigenvalue weighted by molar-refractivity contribution is -0.885. The molecule has 1 aromatic heterocycles. The average Bonchev–Trinajstić information content (AvgIpc) is 2.73. The molecule has 27 heavy (non-hydrogen) atoms. The van der Waals surface area contributed by atoms with Gasteiger partial charge in [-0.05, 0) is 36.4 Å². The Morgan fingerprint density at radius 2 is 1.74 bits per heavy atom. The van der Waals surface area contributed by atoms with Gasteiger partial charge in [0.1, 0.15) is 24.1 Å². The molecule has 0 saturated carbocycles. The van der Waals surface area contributed by atoms with Crippen LogP contribution in [0.15, 0.2) is 59.0 Å². The number of ether oxygens (including phenoxy) is 1. The van der Waals surface area contributed by atoms with E-state index in [4.69, 9.17) is 9.15 Å². The first-order valence-corrected chi connectivity index (χ1v) is 9.70. The first-order chi connectivity index (χ1) is 13.2. The molecule has 0 atom stereocenters. The molecule has 4 heteroatoms. The summed E-state index contributed by atoms with van der Waals surface area (Å²) in [4.78, 5) is 1.63. The minimum Gasteiger partial charge on any atom is -0.497 e. The number of hydrogen-bond acceptors (Lipinski definition) is 2. The second-order valence-electron chi connectivity index (χ2n) is 7.52. The lowest BCUT2D eigenvalue weighted by Gasteiger charge is -2.23. The predicted octanol–water partition coefficient (Wildman–Crippen LogP) is 2.19. The highest BCUT2D eigenvalue weighted by Crippen LogP contribution is 2.24. The fourth-order valence-electron chi connectivity index (χ4n) is 3.99. The van der Waals surface area contributed by atoms with Crippen LogP contribution in [0.25, 0.3) is 22.3 Å². The Hall–Kier alpha value is -2.59. The molecule has 2 heterocycles. The number of nitrogens with one attached hydrogen (secondary N) is 1. The van der Waals surface area contributed by atoms with E-state index in [-0.39, 0.29) is 0 Å². The summed E-state index contributed by atoms with van der Waals surface area (Å²) in [5, 5.41) is 2.41. The number of likely N-dealkylation sites (tertiary alicyclic amines) is 1. The molecule has 1 N–H and O–H groups in total. The van der Waals surface area contributed by atoms with Crippen molar-refractivity contribution in [3.05, 3.63) is 60.0 Å². The summed E-state index contributed by atoms with van der Waals surface area (Å²) in [6.07, 6.45) is 2.45. The van der Waals surface area contributed by atoms with Crippen LogP contribution in [-0.2, 0) is 0 Å². The number of methoxy groups -OCH3 is 1. The maximum Gasteiger partial charge on any atom is 0.214 e. The molecule has 0 unspecified atom stereocenters. The second-order valence-corrected chi connectivity index (χ2v) is 7.52. The van der Waals surface area contributed by atoms with E-state index in [1.807, 2.05) is 18.2 Å². The number of nitrogens with zero attached hydrogens (tertiary/aromatic N) is 1. The molecule has 3 aromatic rings. The highest BCUT2D eigenvalue weighted by atomic mass is 16.5. The average molecular weight is 364 g/mol. The molecular weight excluding hydrogens is 336 g/mol. The third-order valence-electron chi connectivity index (χ3n) is 5.76. The molecule has 4 rings (SSSR count). The summed E-state index contributed by atoms with van der Waals surface area (Å²) in [5.41, 5.74) is 1.98. The summed E-state index contributed by atoms with van der Waals surface area (Å²) in [6.45, 7) is 2.46. The van der Waals surface area contributed by atoms with Crippen molar-refractivity contribution in [3.63, 3.8) is 0 Å². The van der Waals surface area contributed by atoms with Crippen molar-refractivity contribution in [2.24, 2.45) is 0 Å². The molecular formula is C23H28N2O2+2. The summed E-state index contributed by atoms with van der Waals surface area (Å²) < 4.78 is 14.0. The topological polar surface area (TPSA) is 29.8 Å². The van der Waals surface area contributed by atoms with Crippen LogP contribution in [0.1, 0.15) is 12.8 Å². The van der Waals surface area contributed by atoms with Gasteiger partial charge in [-0.15, -0.1) is 0 Å². The number of para-hydroxylation sites is 1. The van der Waals surface area contributed by atoms with Crippen molar-refractivity contribution < 1.29 is 14.1 Å². The summed E-state index contributed by atoms with van der Waals surface area (Å²) in [5.74, 6) is 1.74. The fraction of sp³-hybridized carbons (Fsp3) is 0.348. The molecule has 4 nitrogen and oxygen atoms in total. The Morgan fingerprint density at radius 3 is 2.44 bits per heavy atom. The van der Waals surface area contributed by atoms with E-state index in [1.54, 1.807) is 12.0 Å². The molecule has 0 radical (unpaired) electrons. The van der Waals surface area contributed by atoms with E-state index in [9.17, 15) is 0 Å². The van der Waals surface area contributed by atoms with Crippen LogP contribution in [0.2, 0.25) is 0 Å².